The Labute approximate surface area is 137 Å². The molecule has 0 bridgehead atoms. The van der Waals surface area contributed by atoms with Gasteiger partial charge in [0.15, 0.2) is 0 Å². The van der Waals surface area contributed by atoms with Crippen molar-refractivity contribution in [2.45, 2.75) is 7.51 Å². The Bertz CT molecular complexity index is 624. The van der Waals surface area contributed by atoms with E-state index in [9.17, 15) is 39.0 Å². The van der Waals surface area contributed by atoms with Gasteiger partial charge in [0, 0.05) is 0 Å². The van der Waals surface area contributed by atoms with Crippen molar-refractivity contribution in [3.8, 4) is 0 Å². The van der Waals surface area contributed by atoms with E-state index in [1.54, 1.807) is 10.6 Å². The van der Waals surface area contributed by atoms with Crippen LogP contribution in [0.4, 0.5) is 9.59 Å². The number of amides is 6. The first-order valence-corrected chi connectivity index (χ1v) is 7.93. The van der Waals surface area contributed by atoms with Crippen molar-refractivity contribution < 1.29 is 58.7 Å². The van der Waals surface area contributed by atoms with Crippen molar-refractivity contribution in [1.29, 1.82) is 0 Å². The standard InChI is InChI=1S/2C5H5N2O4.Au/c2*1-7-2(4(9)10)3(8)6-5(7)11;/h2*1H3,(H,9,10)(H,6,8,11);. The Hall–Kier alpha value is -2.44. The molecule has 13 heteroatoms. The molecule has 2 aliphatic heterocycles. The number of carboxylic acid groups (broad SMARTS) is 2. The summed E-state index contributed by atoms with van der Waals surface area (Å²) in [6.45, 7) is 0. The molecule has 0 radical (unpaired) electrons. The Morgan fingerprint density at radius 3 is 1.35 bits per heavy atom. The third-order valence-corrected chi connectivity index (χ3v) is 8.17. The number of carbonyl (C=O) groups is 6. The summed E-state index contributed by atoms with van der Waals surface area (Å²) in [5.41, 5.74) is 0. The molecule has 0 aromatic heterocycles. The van der Waals surface area contributed by atoms with Crippen LogP contribution >= 0.6 is 0 Å². The summed E-state index contributed by atoms with van der Waals surface area (Å²) >= 11 is -2.31. The maximum absolute atomic E-state index is 12.0. The van der Waals surface area contributed by atoms with Crippen molar-refractivity contribution in [1.82, 2.24) is 20.4 Å². The SMILES string of the molecule is CN1C(=O)NC(=O)[C]1([Au][C]1(C(=O)O)C(=O)NC(=O)N1C)C(=O)O. The van der Waals surface area contributed by atoms with Crippen LogP contribution in [0, 0.1) is 0 Å². The van der Waals surface area contributed by atoms with Gasteiger partial charge in [-0.1, -0.05) is 0 Å². The average Bonchev–Trinajstić information content (AvgIpc) is 2.79. The molecule has 0 aromatic carbocycles. The van der Waals surface area contributed by atoms with Crippen LogP contribution in [-0.2, 0) is 38.9 Å². The van der Waals surface area contributed by atoms with Crippen molar-refractivity contribution in [2.24, 2.45) is 0 Å². The van der Waals surface area contributed by atoms with Crippen LogP contribution in [0.15, 0.2) is 0 Å². The van der Waals surface area contributed by atoms with Crippen molar-refractivity contribution >= 4 is 35.8 Å². The number of aliphatic carboxylic acids is 2. The summed E-state index contributed by atoms with van der Waals surface area (Å²) in [4.78, 5) is 71.7. The summed E-state index contributed by atoms with van der Waals surface area (Å²) in [7, 11) is 1.99. The van der Waals surface area contributed by atoms with E-state index in [1.165, 1.54) is 0 Å². The van der Waals surface area contributed by atoms with E-state index >= 15 is 0 Å². The molecule has 6 amide bonds. The fraction of sp³-hybridized carbons (Fsp3) is 0.400. The van der Waals surface area contributed by atoms with Crippen LogP contribution in [-0.4, -0.2) is 77.4 Å². The molecule has 2 heterocycles. The van der Waals surface area contributed by atoms with Gasteiger partial charge in [0.25, 0.3) is 0 Å². The molecule has 0 saturated carbocycles. The number of urea groups is 2. The molecule has 0 aromatic rings. The zero-order valence-electron chi connectivity index (χ0n) is 11.5. The maximum atomic E-state index is 12.0. The molecule has 2 fully saturated rings. The molecule has 129 valence electrons. The molecule has 2 atom stereocenters. The number of rotatable bonds is 4. The first kappa shape index (κ1) is 16.9. The molecule has 2 rings (SSSR count). The van der Waals surface area contributed by atoms with E-state index in [-0.39, 0.29) is 0 Å². The van der Waals surface area contributed by atoms with E-state index in [2.05, 4.69) is 0 Å². The molecule has 2 saturated heterocycles. The van der Waals surface area contributed by atoms with Crippen LogP contribution in [0.5, 0.6) is 0 Å². The van der Waals surface area contributed by atoms with Gasteiger partial charge in [0.2, 0.25) is 0 Å². The number of carboxylic acids is 2. The van der Waals surface area contributed by atoms with Crippen LogP contribution < -0.4 is 10.6 Å². The Morgan fingerprint density at radius 1 is 0.870 bits per heavy atom. The number of hydrogen-bond acceptors (Lipinski definition) is 6. The number of nitrogens with one attached hydrogen (secondary N) is 2. The summed E-state index contributed by atoms with van der Waals surface area (Å²) < 4.78 is -5.10. The number of carbonyl (C=O) groups excluding carboxylic acids is 4. The van der Waals surface area contributed by atoms with Crippen LogP contribution in [0.2, 0.25) is 0 Å². The van der Waals surface area contributed by atoms with Gasteiger partial charge >= 0.3 is 137 Å². The Balaban J connectivity index is 2.63. The van der Waals surface area contributed by atoms with Gasteiger partial charge in [-0.25, -0.2) is 0 Å². The van der Waals surface area contributed by atoms with Crippen molar-refractivity contribution in [3.05, 3.63) is 0 Å². The fourth-order valence-electron chi connectivity index (χ4n) is 1.96. The summed E-state index contributed by atoms with van der Waals surface area (Å²) in [5, 5.41) is 22.5. The van der Waals surface area contributed by atoms with Crippen molar-refractivity contribution in [3.63, 3.8) is 0 Å². The molecule has 2 aliphatic rings. The molecule has 0 aliphatic carbocycles. The van der Waals surface area contributed by atoms with Crippen molar-refractivity contribution in [2.75, 3.05) is 14.1 Å². The minimum atomic E-state index is -2.55. The number of hydrogen-bond donors (Lipinski definition) is 4. The first-order chi connectivity index (χ1) is 10.5. The summed E-state index contributed by atoms with van der Waals surface area (Å²) in [5.74, 6) is -6.07. The van der Waals surface area contributed by atoms with Gasteiger partial charge in [-0.2, -0.15) is 0 Å². The normalized spacial score (nSPS) is 30.7. The van der Waals surface area contributed by atoms with E-state index in [4.69, 9.17) is 0 Å². The second-order valence-electron chi connectivity index (χ2n) is 4.46. The van der Waals surface area contributed by atoms with E-state index in [0.29, 0.717) is 9.80 Å². The Kier molecular flexibility index (Phi) is 3.71. The minimum absolute atomic E-state index is 0.536. The predicted molar refractivity (Wildman–Crippen MR) is 63.3 cm³/mol. The van der Waals surface area contributed by atoms with Crippen LogP contribution in [0.25, 0.3) is 0 Å². The zero-order valence-corrected chi connectivity index (χ0v) is 13.7. The van der Waals surface area contributed by atoms with Gasteiger partial charge in [-0.05, 0) is 0 Å². The van der Waals surface area contributed by atoms with Gasteiger partial charge in [0.1, 0.15) is 0 Å². The number of likely N-dealkylation sites (N-methyl/N-ethyl adjacent to an activating group) is 2. The quantitative estimate of drug-likeness (QED) is 0.176. The molecule has 0 spiro atoms. The summed E-state index contributed by atoms with van der Waals surface area (Å²) in [6.07, 6.45) is 0. The van der Waals surface area contributed by atoms with E-state index in [1.807, 2.05) is 0 Å². The molecule has 23 heavy (non-hydrogen) atoms. The third kappa shape index (κ3) is 1.95. The number of nitrogens with zero attached hydrogens (tertiary/aromatic N) is 2. The average molecular weight is 511 g/mol. The topological polar surface area (TPSA) is 173 Å². The molecular formula is C10H10AuN4O8. The molecule has 2 unspecified atom stereocenters. The predicted octanol–water partition coefficient (Wildman–Crippen LogP) is -3.01. The van der Waals surface area contributed by atoms with Crippen LogP contribution in [0.1, 0.15) is 0 Å². The second-order valence-corrected chi connectivity index (χ2v) is 8.13. The molecule has 12 nitrogen and oxygen atoms in total. The van der Waals surface area contributed by atoms with E-state index in [0.717, 1.165) is 14.1 Å². The van der Waals surface area contributed by atoms with Gasteiger partial charge < -0.3 is 0 Å². The number of imide groups is 2. The monoisotopic (exact) mass is 511 g/mol. The zero-order chi connectivity index (χ0) is 17.7. The van der Waals surface area contributed by atoms with Gasteiger partial charge in [0.05, 0.1) is 0 Å². The second kappa shape index (κ2) is 5.04. The van der Waals surface area contributed by atoms with Crippen LogP contribution in [0.3, 0.4) is 0 Å². The molecule has 4 N–H and O–H groups in total. The van der Waals surface area contributed by atoms with Gasteiger partial charge in [-0.3, -0.25) is 0 Å². The first-order valence-electron chi connectivity index (χ1n) is 5.76. The third-order valence-electron chi connectivity index (χ3n) is 3.24. The fourth-order valence-corrected chi connectivity index (χ4v) is 5.49. The van der Waals surface area contributed by atoms with Gasteiger partial charge in [-0.15, -0.1) is 0 Å². The summed E-state index contributed by atoms with van der Waals surface area (Å²) in [6, 6.07) is -2.08. The molecular weight excluding hydrogens is 501 g/mol. The Morgan fingerprint density at radius 2 is 1.17 bits per heavy atom. The van der Waals surface area contributed by atoms with E-state index < -0.39 is 63.1 Å².